The van der Waals surface area contributed by atoms with Crippen molar-refractivity contribution in [3.63, 3.8) is 0 Å². The quantitative estimate of drug-likeness (QED) is 0.617. The lowest BCUT2D eigenvalue weighted by Gasteiger charge is -2.21. The number of nitrogens with zero attached hydrogens (tertiary/aromatic N) is 5. The number of hydrogen-bond donors (Lipinski definition) is 2. The molecule has 0 spiro atoms. The Balaban J connectivity index is 2.04. The lowest BCUT2D eigenvalue weighted by atomic mass is 10.0. The fourth-order valence-corrected chi connectivity index (χ4v) is 2.01. The number of nitrogens with one attached hydrogen (secondary N) is 1. The molecule has 1 unspecified atom stereocenters. The van der Waals surface area contributed by atoms with E-state index in [-0.39, 0.29) is 17.3 Å². The normalized spacial score (nSPS) is 16.6. The number of aliphatic carboxylic acids is 1. The summed E-state index contributed by atoms with van der Waals surface area (Å²) in [6, 6.07) is 5.21. The molecule has 3 rings (SSSR count). The summed E-state index contributed by atoms with van der Waals surface area (Å²) in [5.74, 6) is -0.950. The van der Waals surface area contributed by atoms with Crippen molar-refractivity contribution in [3.05, 3.63) is 51.7 Å². The van der Waals surface area contributed by atoms with Crippen LogP contribution >= 0.6 is 0 Å². The van der Waals surface area contributed by atoms with Gasteiger partial charge in [-0.15, -0.1) is 0 Å². The second kappa shape index (κ2) is 4.67. The molecule has 106 valence electrons. The zero-order valence-electron chi connectivity index (χ0n) is 10.4. The monoisotopic (exact) mass is 288 g/mol. The van der Waals surface area contributed by atoms with E-state index in [1.54, 1.807) is 0 Å². The third-order valence-corrected chi connectivity index (χ3v) is 3.00. The van der Waals surface area contributed by atoms with Crippen LogP contribution in [0.5, 0.6) is 0 Å². The van der Waals surface area contributed by atoms with E-state index in [1.807, 2.05) is 0 Å². The Morgan fingerprint density at radius 3 is 2.71 bits per heavy atom. The van der Waals surface area contributed by atoms with Gasteiger partial charge in [-0.1, -0.05) is 5.10 Å². The first kappa shape index (κ1) is 12.7. The molecule has 2 N–H and O–H groups in total. The summed E-state index contributed by atoms with van der Waals surface area (Å²) >= 11 is 0. The van der Waals surface area contributed by atoms with Crippen LogP contribution in [0.1, 0.15) is 11.6 Å². The molecule has 0 saturated heterocycles. The van der Waals surface area contributed by atoms with Crippen molar-refractivity contribution in [2.75, 3.05) is 5.32 Å². The molecule has 2 aromatic rings. The first-order valence-electron chi connectivity index (χ1n) is 5.80. The summed E-state index contributed by atoms with van der Waals surface area (Å²) in [5.41, 5.74) is 0.530. The molecule has 0 bridgehead atoms. The molecule has 1 aromatic carbocycles. The van der Waals surface area contributed by atoms with E-state index in [0.717, 1.165) is 0 Å². The second-order valence-corrected chi connectivity index (χ2v) is 4.25. The Labute approximate surface area is 116 Å². The van der Waals surface area contributed by atoms with E-state index in [0.29, 0.717) is 5.56 Å². The molecule has 0 saturated carbocycles. The lowest BCUT2D eigenvalue weighted by molar-refractivity contribution is -0.384. The number of tetrazole rings is 1. The van der Waals surface area contributed by atoms with Gasteiger partial charge in [-0.2, -0.15) is 4.68 Å². The number of carbonyl (C=O) groups is 1. The van der Waals surface area contributed by atoms with E-state index in [9.17, 15) is 14.9 Å². The maximum Gasteiger partial charge on any atom is 0.352 e. The topological polar surface area (TPSA) is 136 Å². The highest BCUT2D eigenvalue weighted by Gasteiger charge is 2.26. The summed E-state index contributed by atoms with van der Waals surface area (Å²) in [5, 5.41) is 33.3. The first-order chi connectivity index (χ1) is 10.1. The number of non-ortho nitro benzene ring substituents is 1. The standard InChI is InChI=1S/C11H8N6O4/c18-10(19)8-5-9(16-11(12-8)13-14-15-16)6-1-3-7(4-2-6)17(20)21/h1-5,9H,(H,18,19)(H,12,13,15). The molecule has 1 aliphatic rings. The number of nitro groups is 1. The molecule has 21 heavy (non-hydrogen) atoms. The zero-order valence-corrected chi connectivity index (χ0v) is 10.4. The minimum Gasteiger partial charge on any atom is -0.477 e. The van der Waals surface area contributed by atoms with Gasteiger partial charge >= 0.3 is 5.97 Å². The number of aromatic nitrogens is 4. The van der Waals surface area contributed by atoms with Gasteiger partial charge in [0, 0.05) is 12.1 Å². The number of hydrogen-bond acceptors (Lipinski definition) is 7. The maximum absolute atomic E-state index is 11.1. The van der Waals surface area contributed by atoms with Crippen LogP contribution in [-0.4, -0.2) is 36.2 Å². The molecule has 10 heteroatoms. The SMILES string of the molecule is O=C(O)C1=CC(c2ccc([N+](=O)[O-])cc2)n2nnnc2N1. The Hall–Kier alpha value is -3.30. The van der Waals surface area contributed by atoms with Crippen molar-refractivity contribution < 1.29 is 14.8 Å². The zero-order chi connectivity index (χ0) is 15.0. The van der Waals surface area contributed by atoms with Crippen LogP contribution in [0.3, 0.4) is 0 Å². The van der Waals surface area contributed by atoms with Gasteiger partial charge in [0.05, 0.1) is 4.92 Å². The van der Waals surface area contributed by atoms with E-state index in [4.69, 9.17) is 5.11 Å². The largest absolute Gasteiger partial charge is 0.477 e. The molecular weight excluding hydrogens is 280 g/mol. The molecule has 0 radical (unpaired) electrons. The number of anilines is 1. The average Bonchev–Trinajstić information content (AvgIpc) is 2.94. The molecule has 10 nitrogen and oxygen atoms in total. The van der Waals surface area contributed by atoms with Gasteiger partial charge in [0.1, 0.15) is 11.7 Å². The summed E-state index contributed by atoms with van der Waals surface area (Å²) in [7, 11) is 0. The van der Waals surface area contributed by atoms with Crippen LogP contribution in [0, 0.1) is 10.1 Å². The van der Waals surface area contributed by atoms with Gasteiger partial charge in [-0.3, -0.25) is 10.1 Å². The molecule has 0 amide bonds. The smallest absolute Gasteiger partial charge is 0.352 e. The van der Waals surface area contributed by atoms with Crippen LogP contribution in [0.25, 0.3) is 0 Å². The number of carboxylic acid groups (broad SMARTS) is 1. The molecule has 1 atom stereocenters. The lowest BCUT2D eigenvalue weighted by Crippen LogP contribution is -2.24. The van der Waals surface area contributed by atoms with Gasteiger partial charge in [0.25, 0.3) is 5.69 Å². The molecule has 1 aliphatic heterocycles. The molecule has 0 aliphatic carbocycles. The number of rotatable bonds is 3. The summed E-state index contributed by atoms with van der Waals surface area (Å²) in [6.45, 7) is 0. The van der Waals surface area contributed by atoms with Gasteiger partial charge in [-0.05, 0) is 34.2 Å². The van der Waals surface area contributed by atoms with E-state index in [1.165, 1.54) is 35.0 Å². The van der Waals surface area contributed by atoms with Crippen LogP contribution in [-0.2, 0) is 4.79 Å². The van der Waals surface area contributed by atoms with Crippen LogP contribution in [0.2, 0.25) is 0 Å². The number of nitro benzene ring substituents is 1. The van der Waals surface area contributed by atoms with Crippen LogP contribution in [0.4, 0.5) is 11.6 Å². The Kier molecular flexibility index (Phi) is 2.83. The predicted molar refractivity (Wildman–Crippen MR) is 68.4 cm³/mol. The predicted octanol–water partition coefficient (Wildman–Crippen LogP) is 0.565. The van der Waals surface area contributed by atoms with Crippen molar-refractivity contribution in [3.8, 4) is 0 Å². The molecule has 1 aromatic heterocycles. The van der Waals surface area contributed by atoms with Gasteiger partial charge in [0.2, 0.25) is 5.95 Å². The highest BCUT2D eigenvalue weighted by molar-refractivity contribution is 5.90. The number of fused-ring (bicyclic) bond motifs is 1. The third-order valence-electron chi connectivity index (χ3n) is 3.00. The van der Waals surface area contributed by atoms with Gasteiger partial charge in [0.15, 0.2) is 0 Å². The summed E-state index contributed by atoms with van der Waals surface area (Å²) in [6.07, 6.45) is 1.44. The van der Waals surface area contributed by atoms with Crippen LogP contribution in [0.15, 0.2) is 36.0 Å². The summed E-state index contributed by atoms with van der Waals surface area (Å²) < 4.78 is 1.40. The Morgan fingerprint density at radius 1 is 1.38 bits per heavy atom. The summed E-state index contributed by atoms with van der Waals surface area (Å²) in [4.78, 5) is 21.3. The first-order valence-corrected chi connectivity index (χ1v) is 5.80. The van der Waals surface area contributed by atoms with Crippen LogP contribution < -0.4 is 5.32 Å². The van der Waals surface area contributed by atoms with Crippen molar-refractivity contribution in [1.82, 2.24) is 20.2 Å². The second-order valence-electron chi connectivity index (χ2n) is 4.25. The van der Waals surface area contributed by atoms with Crippen molar-refractivity contribution in [2.24, 2.45) is 0 Å². The number of allylic oxidation sites excluding steroid dienone is 1. The molecular formula is C11H8N6O4. The fourth-order valence-electron chi connectivity index (χ4n) is 2.01. The van der Waals surface area contributed by atoms with Crippen molar-refractivity contribution >= 4 is 17.6 Å². The van der Waals surface area contributed by atoms with E-state index >= 15 is 0 Å². The van der Waals surface area contributed by atoms with E-state index in [2.05, 4.69) is 20.8 Å². The number of benzene rings is 1. The van der Waals surface area contributed by atoms with E-state index < -0.39 is 16.9 Å². The third kappa shape index (κ3) is 2.18. The van der Waals surface area contributed by atoms with Crippen molar-refractivity contribution in [2.45, 2.75) is 6.04 Å². The molecule has 0 fully saturated rings. The number of carboxylic acids is 1. The highest BCUT2D eigenvalue weighted by atomic mass is 16.6. The average molecular weight is 288 g/mol. The molecule has 2 heterocycles. The Bertz CT molecular complexity index is 750. The van der Waals surface area contributed by atoms with Gasteiger partial charge in [-0.25, -0.2) is 4.79 Å². The fraction of sp³-hybridized carbons (Fsp3) is 0.0909. The van der Waals surface area contributed by atoms with Crippen molar-refractivity contribution in [1.29, 1.82) is 0 Å². The Morgan fingerprint density at radius 2 is 2.10 bits per heavy atom. The maximum atomic E-state index is 11.1. The highest BCUT2D eigenvalue weighted by Crippen LogP contribution is 2.28. The minimum absolute atomic E-state index is 0.0490. The van der Waals surface area contributed by atoms with Gasteiger partial charge < -0.3 is 10.4 Å². The minimum atomic E-state index is -1.14.